The lowest BCUT2D eigenvalue weighted by atomic mass is 10.0. The molecule has 0 spiro atoms. The first-order chi connectivity index (χ1) is 11.0. The average molecular weight is 321 g/mol. The smallest absolute Gasteiger partial charge is 0.0403 e. The maximum Gasteiger partial charge on any atom is 0.0403 e. The fourth-order valence-corrected chi connectivity index (χ4v) is 3.06. The maximum absolute atomic E-state index is 3.81. The van der Waals surface area contributed by atoms with Gasteiger partial charge in [0, 0.05) is 12.2 Å². The van der Waals surface area contributed by atoms with Gasteiger partial charge in [-0.05, 0) is 59.1 Å². The van der Waals surface area contributed by atoms with Gasteiger partial charge in [-0.25, -0.2) is 0 Å². The molecule has 1 atom stereocenters. The molecule has 0 saturated carbocycles. The first-order valence-electron chi connectivity index (χ1n) is 7.70. The van der Waals surface area contributed by atoms with Crippen molar-refractivity contribution < 1.29 is 0 Å². The third-order valence-corrected chi connectivity index (χ3v) is 4.38. The molecule has 0 heterocycles. The number of rotatable bonds is 6. The van der Waals surface area contributed by atoms with Gasteiger partial charge in [-0.2, -0.15) is 0 Å². The molecule has 2 heteroatoms. The Balaban J connectivity index is 2.16. The quantitative estimate of drug-likeness (QED) is 0.565. The van der Waals surface area contributed by atoms with Crippen molar-refractivity contribution in [3.8, 4) is 0 Å². The Morgan fingerprint density at radius 3 is 2.48 bits per heavy atom. The first kappa shape index (κ1) is 17.2. The second-order valence-electron chi connectivity index (χ2n) is 5.63. The second-order valence-corrected chi connectivity index (χ2v) is 6.26. The molecule has 0 radical (unpaired) electrons. The third kappa shape index (κ3) is 4.43. The van der Waals surface area contributed by atoms with Crippen molar-refractivity contribution >= 4 is 32.4 Å². The second kappa shape index (κ2) is 7.94. The Hall–Kier alpha value is -2.11. The highest BCUT2D eigenvalue weighted by atomic mass is 31.0. The molecule has 0 aromatic heterocycles. The third-order valence-electron chi connectivity index (χ3n) is 3.90. The van der Waals surface area contributed by atoms with Crippen LogP contribution in [0.25, 0.3) is 12.2 Å². The molecule has 0 saturated heterocycles. The van der Waals surface area contributed by atoms with Crippen LogP contribution >= 0.6 is 9.24 Å². The number of anilines is 1. The summed E-state index contributed by atoms with van der Waals surface area (Å²) < 4.78 is 0. The Morgan fingerprint density at radius 1 is 1.09 bits per heavy atom. The Bertz CT molecular complexity index is 733. The molecule has 2 aromatic rings. The van der Waals surface area contributed by atoms with Crippen molar-refractivity contribution in [1.29, 1.82) is 0 Å². The molecule has 0 aliphatic rings. The summed E-state index contributed by atoms with van der Waals surface area (Å²) in [5.41, 5.74) is 7.35. The summed E-state index contributed by atoms with van der Waals surface area (Å²) in [4.78, 5) is 0. The number of nitrogens with one attached hydrogen (secondary N) is 1. The van der Waals surface area contributed by atoms with Crippen LogP contribution in [0, 0.1) is 13.8 Å². The van der Waals surface area contributed by atoms with Gasteiger partial charge in [0.1, 0.15) is 0 Å². The van der Waals surface area contributed by atoms with E-state index < -0.39 is 0 Å². The van der Waals surface area contributed by atoms with Crippen LogP contribution in [0.2, 0.25) is 0 Å². The minimum Gasteiger partial charge on any atom is -0.381 e. The SMILES string of the molecule is C=C/C=C\c1c(C)cc(NCc2ccc(C=C)cc2C)cc1P. The van der Waals surface area contributed by atoms with E-state index in [0.29, 0.717) is 0 Å². The van der Waals surface area contributed by atoms with Crippen LogP contribution in [0.1, 0.15) is 27.8 Å². The fourth-order valence-electron chi connectivity index (χ4n) is 2.56. The molecule has 0 aliphatic carbocycles. The van der Waals surface area contributed by atoms with Crippen LogP contribution < -0.4 is 10.6 Å². The number of aryl methyl sites for hydroxylation is 2. The summed E-state index contributed by atoms with van der Waals surface area (Å²) in [5, 5.41) is 4.71. The lowest BCUT2D eigenvalue weighted by molar-refractivity contribution is 1.12. The van der Waals surface area contributed by atoms with E-state index in [0.717, 1.165) is 17.8 Å². The predicted octanol–water partition coefficient (Wildman–Crippen LogP) is 5.26. The molecule has 0 amide bonds. The first-order valence-corrected chi connectivity index (χ1v) is 8.28. The van der Waals surface area contributed by atoms with Crippen molar-refractivity contribution in [2.45, 2.75) is 20.4 Å². The van der Waals surface area contributed by atoms with Crippen LogP contribution in [-0.2, 0) is 6.54 Å². The highest BCUT2D eigenvalue weighted by Gasteiger charge is 2.04. The molecule has 23 heavy (non-hydrogen) atoms. The van der Waals surface area contributed by atoms with Gasteiger partial charge in [0.05, 0.1) is 0 Å². The van der Waals surface area contributed by atoms with Gasteiger partial charge >= 0.3 is 0 Å². The zero-order chi connectivity index (χ0) is 16.8. The summed E-state index contributed by atoms with van der Waals surface area (Å²) in [6.07, 6.45) is 7.73. The van der Waals surface area contributed by atoms with Gasteiger partial charge < -0.3 is 5.32 Å². The molecule has 0 fully saturated rings. The van der Waals surface area contributed by atoms with Gasteiger partial charge in [0.15, 0.2) is 0 Å². The molecule has 0 aliphatic heterocycles. The van der Waals surface area contributed by atoms with Crippen molar-refractivity contribution in [3.05, 3.63) is 83.5 Å². The van der Waals surface area contributed by atoms with E-state index in [1.165, 1.54) is 27.6 Å². The van der Waals surface area contributed by atoms with Crippen molar-refractivity contribution in [3.63, 3.8) is 0 Å². The van der Waals surface area contributed by atoms with Crippen molar-refractivity contribution in [1.82, 2.24) is 0 Å². The largest absolute Gasteiger partial charge is 0.381 e. The van der Waals surface area contributed by atoms with Gasteiger partial charge in [-0.3, -0.25) is 0 Å². The van der Waals surface area contributed by atoms with Crippen LogP contribution in [0.4, 0.5) is 5.69 Å². The van der Waals surface area contributed by atoms with Crippen LogP contribution in [-0.4, -0.2) is 0 Å². The number of benzene rings is 2. The lowest BCUT2D eigenvalue weighted by Gasteiger charge is -2.13. The minimum absolute atomic E-state index is 0.814. The summed E-state index contributed by atoms with van der Waals surface area (Å²) >= 11 is 0. The van der Waals surface area contributed by atoms with Gasteiger partial charge in [0.25, 0.3) is 0 Å². The zero-order valence-corrected chi connectivity index (χ0v) is 15.0. The van der Waals surface area contributed by atoms with Gasteiger partial charge in [-0.1, -0.05) is 55.7 Å². The molecule has 0 bridgehead atoms. The van der Waals surface area contributed by atoms with Gasteiger partial charge in [0.2, 0.25) is 0 Å². The molecule has 2 aromatic carbocycles. The summed E-state index contributed by atoms with van der Waals surface area (Å²) in [7, 11) is 2.81. The molecule has 2 rings (SSSR count). The Morgan fingerprint density at radius 2 is 1.87 bits per heavy atom. The number of allylic oxidation sites excluding steroid dienone is 2. The Labute approximate surface area is 142 Å². The van der Waals surface area contributed by atoms with Gasteiger partial charge in [-0.15, -0.1) is 9.24 Å². The number of hydrogen-bond acceptors (Lipinski definition) is 1. The lowest BCUT2D eigenvalue weighted by Crippen LogP contribution is -2.06. The summed E-state index contributed by atoms with van der Waals surface area (Å²) in [6.45, 7) is 12.6. The van der Waals surface area contributed by atoms with E-state index >= 15 is 0 Å². The summed E-state index contributed by atoms with van der Waals surface area (Å²) in [5.74, 6) is 0. The fraction of sp³-hybridized carbons (Fsp3) is 0.143. The van der Waals surface area contributed by atoms with Crippen LogP contribution in [0.5, 0.6) is 0 Å². The maximum atomic E-state index is 3.81. The van der Waals surface area contributed by atoms with Crippen molar-refractivity contribution in [2.24, 2.45) is 0 Å². The minimum atomic E-state index is 0.814. The molecular formula is C21H24NP. The summed E-state index contributed by atoms with van der Waals surface area (Å²) in [6, 6.07) is 10.8. The normalized spacial score (nSPS) is 10.7. The standard InChI is InChI=1S/C21H24NP/c1-5-7-8-20-16(4)12-19(13-21(20)23)22-14-18-10-9-17(6-2)11-15(18)3/h5-13,22H,1-2,14,23H2,3-4H3/b8-7-. The Kier molecular flexibility index (Phi) is 5.96. The molecule has 1 nitrogen and oxygen atoms in total. The van der Waals surface area contributed by atoms with Crippen LogP contribution in [0.15, 0.2) is 55.6 Å². The van der Waals surface area contributed by atoms with E-state index in [1.807, 2.05) is 12.2 Å². The van der Waals surface area contributed by atoms with Crippen LogP contribution in [0.3, 0.4) is 0 Å². The molecular weight excluding hydrogens is 297 g/mol. The van der Waals surface area contributed by atoms with E-state index in [2.05, 4.69) is 78.0 Å². The monoisotopic (exact) mass is 321 g/mol. The zero-order valence-electron chi connectivity index (χ0n) is 13.9. The van der Waals surface area contributed by atoms with E-state index in [9.17, 15) is 0 Å². The molecule has 1 N–H and O–H groups in total. The average Bonchev–Trinajstić information content (AvgIpc) is 2.53. The topological polar surface area (TPSA) is 12.0 Å². The predicted molar refractivity (Wildman–Crippen MR) is 108 cm³/mol. The van der Waals surface area contributed by atoms with E-state index in [4.69, 9.17) is 0 Å². The van der Waals surface area contributed by atoms with E-state index in [1.54, 1.807) is 6.08 Å². The highest BCUT2D eigenvalue weighted by Crippen LogP contribution is 2.19. The molecule has 1 unspecified atom stereocenters. The molecule has 118 valence electrons. The van der Waals surface area contributed by atoms with Crippen molar-refractivity contribution in [2.75, 3.05) is 5.32 Å². The van der Waals surface area contributed by atoms with E-state index in [-0.39, 0.29) is 0 Å². The number of hydrogen-bond donors (Lipinski definition) is 1. The highest BCUT2D eigenvalue weighted by molar-refractivity contribution is 7.27.